The number of fused-ring (bicyclic) bond motifs is 1. The van der Waals surface area contributed by atoms with Gasteiger partial charge < -0.3 is 15.0 Å². The fraction of sp³-hybridized carbons (Fsp3) is 0.182. The Kier molecular flexibility index (Phi) is 5.17. The van der Waals surface area contributed by atoms with Gasteiger partial charge in [-0.25, -0.2) is 4.98 Å². The Labute approximate surface area is 168 Å². The third-order valence-corrected chi connectivity index (χ3v) is 5.11. The van der Waals surface area contributed by atoms with Crippen LogP contribution in [-0.2, 0) is 13.0 Å². The number of aromatic nitrogens is 1. The maximum Gasteiger partial charge on any atom is 0.255 e. The molecule has 28 heavy (non-hydrogen) atoms. The number of carbonyl (C=O) groups is 1. The average Bonchev–Trinajstić information content (AvgIpc) is 2.73. The molecule has 0 saturated heterocycles. The van der Waals surface area contributed by atoms with Gasteiger partial charge in [0, 0.05) is 29.9 Å². The Morgan fingerprint density at radius 1 is 1.14 bits per heavy atom. The van der Waals surface area contributed by atoms with Gasteiger partial charge in [-0.15, -0.1) is 0 Å². The molecule has 6 heteroatoms. The van der Waals surface area contributed by atoms with Gasteiger partial charge in [0.25, 0.3) is 5.91 Å². The molecule has 1 amide bonds. The van der Waals surface area contributed by atoms with Gasteiger partial charge in [-0.3, -0.25) is 4.79 Å². The smallest absolute Gasteiger partial charge is 0.255 e. The van der Waals surface area contributed by atoms with Crippen molar-refractivity contribution in [3.05, 3.63) is 82.5 Å². The Balaban J connectivity index is 1.54. The molecular formula is C22H20ClN3O2. The summed E-state index contributed by atoms with van der Waals surface area (Å²) < 4.78 is 5.30. The third kappa shape index (κ3) is 3.80. The molecule has 0 aliphatic carbocycles. The van der Waals surface area contributed by atoms with Gasteiger partial charge in [0.05, 0.1) is 12.8 Å². The molecule has 0 spiro atoms. The second-order valence-electron chi connectivity index (χ2n) is 6.64. The quantitative estimate of drug-likeness (QED) is 0.706. The van der Waals surface area contributed by atoms with Crippen molar-refractivity contribution in [2.45, 2.75) is 13.0 Å². The molecule has 3 aromatic rings. The first kappa shape index (κ1) is 18.3. The predicted octanol–water partition coefficient (Wildman–Crippen LogP) is 4.56. The van der Waals surface area contributed by atoms with Crippen molar-refractivity contribution in [1.29, 1.82) is 0 Å². The first-order chi connectivity index (χ1) is 13.6. The number of benzene rings is 2. The van der Waals surface area contributed by atoms with Crippen LogP contribution in [0.2, 0.25) is 5.02 Å². The normalized spacial score (nSPS) is 13.0. The molecule has 2 heterocycles. The molecule has 5 nitrogen and oxygen atoms in total. The highest BCUT2D eigenvalue weighted by Crippen LogP contribution is 2.29. The van der Waals surface area contributed by atoms with E-state index in [-0.39, 0.29) is 5.91 Å². The van der Waals surface area contributed by atoms with Crippen LogP contribution in [0.4, 0.5) is 11.5 Å². The molecule has 0 saturated carbocycles. The van der Waals surface area contributed by atoms with E-state index in [0.717, 1.165) is 25.3 Å². The molecular weight excluding hydrogens is 374 g/mol. The van der Waals surface area contributed by atoms with E-state index < -0.39 is 0 Å². The largest absolute Gasteiger partial charge is 0.495 e. The molecule has 142 valence electrons. The number of anilines is 2. The number of carbonyl (C=O) groups excluding carboxylic acids is 1. The number of nitrogens with zero attached hydrogens (tertiary/aromatic N) is 2. The number of nitrogens with one attached hydrogen (secondary N) is 1. The zero-order valence-corrected chi connectivity index (χ0v) is 16.2. The van der Waals surface area contributed by atoms with E-state index >= 15 is 0 Å². The van der Waals surface area contributed by atoms with Crippen LogP contribution >= 0.6 is 11.6 Å². The topological polar surface area (TPSA) is 54.5 Å². The molecule has 1 aromatic heterocycles. The summed E-state index contributed by atoms with van der Waals surface area (Å²) in [6.45, 7) is 1.66. The van der Waals surface area contributed by atoms with Gasteiger partial charge in [0.15, 0.2) is 0 Å². The number of rotatable bonds is 4. The predicted molar refractivity (Wildman–Crippen MR) is 111 cm³/mol. The van der Waals surface area contributed by atoms with Crippen LogP contribution in [0.15, 0.2) is 60.8 Å². The highest BCUT2D eigenvalue weighted by atomic mass is 35.5. The molecule has 1 aliphatic heterocycles. The summed E-state index contributed by atoms with van der Waals surface area (Å²) in [6.07, 6.45) is 2.63. The number of halogens is 1. The molecule has 0 atom stereocenters. The molecule has 0 bridgehead atoms. The van der Waals surface area contributed by atoms with Crippen LogP contribution in [0.25, 0.3) is 0 Å². The molecule has 2 aromatic carbocycles. The molecule has 1 N–H and O–H groups in total. The number of hydrogen-bond acceptors (Lipinski definition) is 4. The lowest BCUT2D eigenvalue weighted by Crippen LogP contribution is -2.31. The lowest BCUT2D eigenvalue weighted by molar-refractivity contribution is 0.102. The fourth-order valence-electron chi connectivity index (χ4n) is 3.40. The Hall–Kier alpha value is -3.05. The van der Waals surface area contributed by atoms with Crippen molar-refractivity contribution in [3.8, 4) is 5.75 Å². The van der Waals surface area contributed by atoms with Gasteiger partial charge in [-0.05, 0) is 47.9 Å². The molecule has 0 unspecified atom stereocenters. The Morgan fingerprint density at radius 2 is 1.96 bits per heavy atom. The molecule has 4 rings (SSSR count). The van der Waals surface area contributed by atoms with E-state index in [9.17, 15) is 4.79 Å². The van der Waals surface area contributed by atoms with E-state index in [1.807, 2.05) is 6.07 Å². The van der Waals surface area contributed by atoms with E-state index in [4.69, 9.17) is 16.3 Å². The van der Waals surface area contributed by atoms with Gasteiger partial charge in [0.1, 0.15) is 11.6 Å². The van der Waals surface area contributed by atoms with Crippen molar-refractivity contribution in [2.24, 2.45) is 0 Å². The summed E-state index contributed by atoms with van der Waals surface area (Å²) >= 11 is 6.05. The summed E-state index contributed by atoms with van der Waals surface area (Å²) in [5.74, 6) is 1.11. The first-order valence-electron chi connectivity index (χ1n) is 9.07. The second-order valence-corrected chi connectivity index (χ2v) is 7.08. The van der Waals surface area contributed by atoms with Crippen molar-refractivity contribution in [3.63, 3.8) is 0 Å². The summed E-state index contributed by atoms with van der Waals surface area (Å²) in [5, 5.41) is 3.40. The van der Waals surface area contributed by atoms with Crippen LogP contribution < -0.4 is 15.0 Å². The number of methoxy groups -OCH3 is 1. The maximum atomic E-state index is 12.8. The van der Waals surface area contributed by atoms with Gasteiger partial charge >= 0.3 is 0 Å². The second kappa shape index (κ2) is 7.90. The van der Waals surface area contributed by atoms with Gasteiger partial charge in [0.2, 0.25) is 0 Å². The number of ether oxygens (including phenoxy) is 1. The van der Waals surface area contributed by atoms with E-state index in [0.29, 0.717) is 22.0 Å². The van der Waals surface area contributed by atoms with E-state index in [2.05, 4.69) is 39.5 Å². The van der Waals surface area contributed by atoms with Crippen LogP contribution in [0.1, 0.15) is 21.5 Å². The van der Waals surface area contributed by atoms with Crippen LogP contribution in [-0.4, -0.2) is 24.5 Å². The number of pyridine rings is 1. The SMILES string of the molecule is COc1ccc(Cl)cc1NC(=O)c1ccnc(N2CCc3ccccc3C2)c1. The van der Waals surface area contributed by atoms with Gasteiger partial charge in [-0.2, -0.15) is 0 Å². The monoisotopic (exact) mass is 393 g/mol. The minimum atomic E-state index is -0.235. The molecule has 0 fully saturated rings. The minimum absolute atomic E-state index is 0.235. The Morgan fingerprint density at radius 3 is 2.79 bits per heavy atom. The van der Waals surface area contributed by atoms with Crippen molar-refractivity contribution >= 4 is 29.0 Å². The summed E-state index contributed by atoms with van der Waals surface area (Å²) in [5.41, 5.74) is 3.74. The number of hydrogen-bond donors (Lipinski definition) is 1. The van der Waals surface area contributed by atoms with Crippen LogP contribution in [0.5, 0.6) is 5.75 Å². The zero-order valence-electron chi connectivity index (χ0n) is 15.5. The fourth-order valence-corrected chi connectivity index (χ4v) is 3.57. The lowest BCUT2D eigenvalue weighted by atomic mass is 10.00. The van der Waals surface area contributed by atoms with Gasteiger partial charge in [-0.1, -0.05) is 35.9 Å². The molecule has 1 aliphatic rings. The highest BCUT2D eigenvalue weighted by Gasteiger charge is 2.18. The first-order valence-corrected chi connectivity index (χ1v) is 9.44. The Bertz CT molecular complexity index is 1020. The standard InChI is InChI=1S/C22H20ClN3O2/c1-28-20-7-6-18(23)13-19(20)25-22(27)16-8-10-24-21(12-16)26-11-9-15-4-2-3-5-17(15)14-26/h2-8,10,12-13H,9,11,14H2,1H3,(H,25,27). The van der Waals surface area contributed by atoms with Crippen molar-refractivity contribution in [2.75, 3.05) is 23.9 Å². The zero-order chi connectivity index (χ0) is 19.5. The van der Waals surface area contributed by atoms with E-state index in [1.165, 1.54) is 11.1 Å². The minimum Gasteiger partial charge on any atom is -0.495 e. The van der Waals surface area contributed by atoms with Crippen molar-refractivity contribution in [1.82, 2.24) is 4.98 Å². The highest BCUT2D eigenvalue weighted by molar-refractivity contribution is 6.31. The summed E-state index contributed by atoms with van der Waals surface area (Å²) in [4.78, 5) is 19.4. The van der Waals surface area contributed by atoms with Crippen molar-refractivity contribution < 1.29 is 9.53 Å². The van der Waals surface area contributed by atoms with Crippen LogP contribution in [0, 0.1) is 0 Å². The van der Waals surface area contributed by atoms with Crippen LogP contribution in [0.3, 0.4) is 0 Å². The van der Waals surface area contributed by atoms with E-state index in [1.54, 1.807) is 37.6 Å². The maximum absolute atomic E-state index is 12.8. The lowest BCUT2D eigenvalue weighted by Gasteiger charge is -2.29. The third-order valence-electron chi connectivity index (χ3n) is 4.87. The summed E-state index contributed by atoms with van der Waals surface area (Å²) in [7, 11) is 1.55. The number of amides is 1. The summed E-state index contributed by atoms with van der Waals surface area (Å²) in [6, 6.07) is 17.1. The molecule has 0 radical (unpaired) electrons. The average molecular weight is 394 g/mol.